The molecule has 0 bridgehead atoms. The molecule has 0 aliphatic rings. The van der Waals surface area contributed by atoms with Gasteiger partial charge in [-0.2, -0.15) is 0 Å². The third-order valence-electron chi connectivity index (χ3n) is 2.81. The first-order chi connectivity index (χ1) is 10.4. The zero-order chi connectivity index (χ0) is 16.3. The van der Waals surface area contributed by atoms with Crippen molar-refractivity contribution < 1.29 is 23.1 Å². The highest BCUT2D eigenvalue weighted by molar-refractivity contribution is 6.34. The van der Waals surface area contributed by atoms with Crippen molar-refractivity contribution in [3.05, 3.63) is 64.2 Å². The number of halogens is 3. The molecule has 0 aliphatic heterocycles. The summed E-state index contributed by atoms with van der Waals surface area (Å²) in [6, 6.07) is 6.68. The van der Waals surface area contributed by atoms with E-state index >= 15 is 0 Å². The molecule has 1 N–H and O–H groups in total. The number of esters is 1. The number of amides is 1. The maximum atomic E-state index is 13.6. The molecular weight excluding hydrogens is 316 g/mol. The first-order valence-corrected chi connectivity index (χ1v) is 6.44. The quantitative estimate of drug-likeness (QED) is 0.876. The van der Waals surface area contributed by atoms with E-state index in [-0.39, 0.29) is 21.8 Å². The normalized spacial score (nSPS) is 10.2. The van der Waals surface area contributed by atoms with Gasteiger partial charge in [-0.3, -0.25) is 4.79 Å². The molecule has 2 aromatic carbocycles. The molecule has 0 atom stereocenters. The van der Waals surface area contributed by atoms with Crippen LogP contribution in [0.4, 0.5) is 14.5 Å². The van der Waals surface area contributed by atoms with E-state index in [1.165, 1.54) is 25.3 Å². The molecule has 0 spiro atoms. The lowest BCUT2D eigenvalue weighted by atomic mass is 10.1. The highest BCUT2D eigenvalue weighted by atomic mass is 35.5. The standard InChI is InChI=1S/C15H10ClF2NO3/c1-22-15(21)8-2-5-11(16)13(6-8)19-14(20)10-4-3-9(17)7-12(10)18/h2-7H,1H3,(H,19,20). The lowest BCUT2D eigenvalue weighted by Gasteiger charge is -2.09. The molecule has 0 aliphatic carbocycles. The van der Waals surface area contributed by atoms with Crippen molar-refractivity contribution in [1.82, 2.24) is 0 Å². The fourth-order valence-corrected chi connectivity index (χ4v) is 1.89. The van der Waals surface area contributed by atoms with Gasteiger partial charge in [0.25, 0.3) is 5.91 Å². The van der Waals surface area contributed by atoms with Crippen molar-refractivity contribution in [2.24, 2.45) is 0 Å². The molecule has 0 radical (unpaired) electrons. The van der Waals surface area contributed by atoms with Gasteiger partial charge in [-0.1, -0.05) is 11.6 Å². The molecule has 0 saturated heterocycles. The van der Waals surface area contributed by atoms with Crippen LogP contribution in [0.25, 0.3) is 0 Å². The van der Waals surface area contributed by atoms with Crippen molar-refractivity contribution in [2.45, 2.75) is 0 Å². The minimum Gasteiger partial charge on any atom is -0.465 e. The molecule has 2 aromatic rings. The number of nitrogens with one attached hydrogen (secondary N) is 1. The van der Waals surface area contributed by atoms with Crippen LogP contribution in [0.5, 0.6) is 0 Å². The number of carbonyl (C=O) groups excluding carboxylic acids is 2. The monoisotopic (exact) mass is 325 g/mol. The van der Waals surface area contributed by atoms with Crippen molar-refractivity contribution in [3.8, 4) is 0 Å². The first kappa shape index (κ1) is 15.9. The van der Waals surface area contributed by atoms with Gasteiger partial charge in [-0.15, -0.1) is 0 Å². The number of anilines is 1. The number of rotatable bonds is 3. The Labute approximate surface area is 129 Å². The highest BCUT2D eigenvalue weighted by Gasteiger charge is 2.15. The van der Waals surface area contributed by atoms with Gasteiger partial charge in [0, 0.05) is 6.07 Å². The number of ether oxygens (including phenoxy) is 1. The van der Waals surface area contributed by atoms with E-state index in [1.54, 1.807) is 0 Å². The van der Waals surface area contributed by atoms with Gasteiger partial charge in [0.15, 0.2) is 0 Å². The van der Waals surface area contributed by atoms with Gasteiger partial charge >= 0.3 is 5.97 Å². The van der Waals surface area contributed by atoms with Crippen LogP contribution in [0, 0.1) is 11.6 Å². The molecular formula is C15H10ClF2NO3. The zero-order valence-electron chi connectivity index (χ0n) is 11.3. The van der Waals surface area contributed by atoms with Gasteiger partial charge in [0.1, 0.15) is 11.6 Å². The van der Waals surface area contributed by atoms with E-state index in [0.717, 1.165) is 12.1 Å². The zero-order valence-corrected chi connectivity index (χ0v) is 12.1. The Morgan fingerprint density at radius 3 is 2.50 bits per heavy atom. The third kappa shape index (κ3) is 3.40. The number of benzene rings is 2. The molecule has 2 rings (SSSR count). The molecule has 0 aromatic heterocycles. The van der Waals surface area contributed by atoms with Crippen LogP contribution in [0.15, 0.2) is 36.4 Å². The van der Waals surface area contributed by atoms with Crippen LogP contribution >= 0.6 is 11.6 Å². The summed E-state index contributed by atoms with van der Waals surface area (Å²) in [6.45, 7) is 0. The van der Waals surface area contributed by atoms with E-state index in [4.69, 9.17) is 11.6 Å². The fourth-order valence-electron chi connectivity index (χ4n) is 1.73. The molecule has 0 unspecified atom stereocenters. The maximum Gasteiger partial charge on any atom is 0.337 e. The molecule has 7 heteroatoms. The van der Waals surface area contributed by atoms with Gasteiger partial charge in [-0.25, -0.2) is 13.6 Å². The Morgan fingerprint density at radius 1 is 1.14 bits per heavy atom. The van der Waals surface area contributed by atoms with Crippen molar-refractivity contribution in [2.75, 3.05) is 12.4 Å². The van der Waals surface area contributed by atoms with Crippen LogP contribution in [0.3, 0.4) is 0 Å². The molecule has 0 saturated carbocycles. The van der Waals surface area contributed by atoms with Crippen molar-refractivity contribution in [1.29, 1.82) is 0 Å². The second-order valence-electron chi connectivity index (χ2n) is 4.26. The summed E-state index contributed by atoms with van der Waals surface area (Å²) in [6.07, 6.45) is 0. The maximum absolute atomic E-state index is 13.6. The van der Waals surface area contributed by atoms with Gasteiger partial charge in [0.2, 0.25) is 0 Å². The van der Waals surface area contributed by atoms with Crippen LogP contribution < -0.4 is 5.32 Å². The van der Waals surface area contributed by atoms with Crippen molar-refractivity contribution in [3.63, 3.8) is 0 Å². The summed E-state index contributed by atoms with van der Waals surface area (Å²) in [7, 11) is 1.21. The average molecular weight is 326 g/mol. The Balaban J connectivity index is 2.29. The summed E-state index contributed by atoms with van der Waals surface area (Å²) in [4.78, 5) is 23.4. The fraction of sp³-hybridized carbons (Fsp3) is 0.0667. The highest BCUT2D eigenvalue weighted by Crippen LogP contribution is 2.24. The lowest BCUT2D eigenvalue weighted by molar-refractivity contribution is 0.0600. The van der Waals surface area contributed by atoms with Crippen LogP contribution in [0.1, 0.15) is 20.7 Å². The predicted molar refractivity (Wildman–Crippen MR) is 77.1 cm³/mol. The summed E-state index contributed by atoms with van der Waals surface area (Å²) in [5, 5.41) is 2.52. The van der Waals surface area contributed by atoms with E-state index in [2.05, 4.69) is 10.1 Å². The predicted octanol–water partition coefficient (Wildman–Crippen LogP) is 3.66. The second-order valence-corrected chi connectivity index (χ2v) is 4.67. The smallest absolute Gasteiger partial charge is 0.337 e. The van der Waals surface area contributed by atoms with Gasteiger partial charge < -0.3 is 10.1 Å². The molecule has 22 heavy (non-hydrogen) atoms. The number of hydrogen-bond donors (Lipinski definition) is 1. The van der Waals surface area contributed by atoms with E-state index < -0.39 is 23.5 Å². The summed E-state index contributed by atoms with van der Waals surface area (Å²) < 4.78 is 31.0. The average Bonchev–Trinajstić information content (AvgIpc) is 2.48. The minimum absolute atomic E-state index is 0.110. The summed E-state index contributed by atoms with van der Waals surface area (Å²) in [5.74, 6) is -3.22. The Hall–Kier alpha value is -2.47. The minimum atomic E-state index is -1.00. The SMILES string of the molecule is COC(=O)c1ccc(Cl)c(NC(=O)c2ccc(F)cc2F)c1. The van der Waals surface area contributed by atoms with Crippen molar-refractivity contribution >= 4 is 29.2 Å². The molecule has 1 amide bonds. The molecule has 0 heterocycles. The number of methoxy groups -OCH3 is 1. The summed E-state index contributed by atoms with van der Waals surface area (Å²) >= 11 is 5.92. The molecule has 0 fully saturated rings. The Morgan fingerprint density at radius 2 is 1.86 bits per heavy atom. The van der Waals surface area contributed by atoms with Gasteiger partial charge in [0.05, 0.1) is 28.9 Å². The largest absolute Gasteiger partial charge is 0.465 e. The number of hydrogen-bond acceptors (Lipinski definition) is 3. The topological polar surface area (TPSA) is 55.4 Å². The van der Waals surface area contributed by atoms with Crippen LogP contribution in [0.2, 0.25) is 5.02 Å². The second kappa shape index (κ2) is 6.53. The Kier molecular flexibility index (Phi) is 4.72. The Bertz CT molecular complexity index is 750. The van der Waals surface area contributed by atoms with Crippen LogP contribution in [-0.4, -0.2) is 19.0 Å². The van der Waals surface area contributed by atoms with E-state index in [1.807, 2.05) is 0 Å². The number of carbonyl (C=O) groups is 2. The van der Waals surface area contributed by atoms with E-state index in [0.29, 0.717) is 6.07 Å². The molecule has 114 valence electrons. The van der Waals surface area contributed by atoms with Crippen LogP contribution in [-0.2, 0) is 4.74 Å². The molecule has 4 nitrogen and oxygen atoms in total. The third-order valence-corrected chi connectivity index (χ3v) is 3.14. The lowest BCUT2D eigenvalue weighted by Crippen LogP contribution is -2.15. The van der Waals surface area contributed by atoms with E-state index in [9.17, 15) is 18.4 Å². The first-order valence-electron chi connectivity index (χ1n) is 6.06. The summed E-state index contributed by atoms with van der Waals surface area (Å²) in [5.41, 5.74) is -0.0685. The van der Waals surface area contributed by atoms with Gasteiger partial charge in [-0.05, 0) is 30.3 Å².